The van der Waals surface area contributed by atoms with Crippen LogP contribution >= 0.6 is 11.6 Å². The number of carbonyl (C=O) groups excluding carboxylic acids is 4. The molecule has 4 amide bonds. The number of ether oxygens (including phenoxy) is 1. The number of fused-ring (bicyclic) bond motifs is 4. The topological polar surface area (TPSA) is 162 Å². The minimum atomic E-state index is -1.52. The van der Waals surface area contributed by atoms with Crippen molar-refractivity contribution < 1.29 is 44.0 Å². The molecule has 53 heavy (non-hydrogen) atoms. The van der Waals surface area contributed by atoms with E-state index in [1.165, 1.54) is 11.0 Å². The summed E-state index contributed by atoms with van der Waals surface area (Å²) in [7, 11) is 0. The maximum atomic E-state index is 15.4. The maximum Gasteiger partial charge on any atom is 0.339 e. The van der Waals surface area contributed by atoms with Gasteiger partial charge >= 0.3 is 5.97 Å². The zero-order valence-corrected chi connectivity index (χ0v) is 28.8. The van der Waals surface area contributed by atoms with Gasteiger partial charge < -0.3 is 20.1 Å². The van der Waals surface area contributed by atoms with Crippen molar-refractivity contribution in [2.45, 2.75) is 24.2 Å². The third-order valence-electron chi connectivity index (χ3n) is 11.2. The molecule has 2 heterocycles. The molecule has 0 spiro atoms. The number of anilines is 2. The molecule has 0 radical (unpaired) electrons. The van der Waals surface area contributed by atoms with Crippen LogP contribution in [0.1, 0.15) is 40.2 Å². The predicted molar refractivity (Wildman–Crippen MR) is 193 cm³/mol. The van der Waals surface area contributed by atoms with Crippen LogP contribution in [0.3, 0.4) is 0 Å². The maximum absolute atomic E-state index is 15.4. The normalized spacial score (nSPS) is 26.2. The fourth-order valence-corrected chi connectivity index (χ4v) is 9.37. The molecule has 4 aromatic rings. The predicted octanol–water partition coefficient (Wildman–Crippen LogP) is 5.48. The fraction of sp³-hybridized carbons (Fsp3) is 0.244. The number of hydrogen-bond acceptors (Lipinski definition) is 8. The summed E-state index contributed by atoms with van der Waals surface area (Å²) in [6.45, 7) is -0.300. The molecule has 2 aliphatic heterocycles. The molecule has 8 rings (SSSR count). The minimum Gasteiger partial charge on any atom is -0.507 e. The number of nitrogens with zero attached hydrogens (tertiary/aromatic N) is 2. The minimum absolute atomic E-state index is 0.0321. The number of aromatic hydroxyl groups is 1. The lowest BCUT2D eigenvalue weighted by Crippen LogP contribution is -2.53. The summed E-state index contributed by atoms with van der Waals surface area (Å²) in [4.78, 5) is 72.7. The largest absolute Gasteiger partial charge is 0.507 e. The summed E-state index contributed by atoms with van der Waals surface area (Å²) < 4.78 is 6.08. The zero-order valence-electron chi connectivity index (χ0n) is 28.1. The number of hydrogen-bond donors (Lipinski definition) is 3. The number of benzene rings is 4. The highest BCUT2D eigenvalue weighted by atomic mass is 35.5. The number of phenols is 1. The molecule has 11 nitrogen and oxygen atoms in total. The van der Waals surface area contributed by atoms with Crippen LogP contribution in [-0.4, -0.2) is 58.1 Å². The van der Waals surface area contributed by atoms with Gasteiger partial charge in [-0.2, -0.15) is 0 Å². The van der Waals surface area contributed by atoms with E-state index < -0.39 is 70.4 Å². The molecule has 12 heteroatoms. The Morgan fingerprint density at radius 3 is 2.28 bits per heavy atom. The van der Waals surface area contributed by atoms with Crippen LogP contribution in [-0.2, 0) is 24.6 Å². The number of aliphatic hydroxyl groups is 1. The summed E-state index contributed by atoms with van der Waals surface area (Å²) in [6, 6.07) is 26.3. The number of carboxylic acid groups (broad SMARTS) is 1. The van der Waals surface area contributed by atoms with Crippen LogP contribution < -0.4 is 14.5 Å². The van der Waals surface area contributed by atoms with Gasteiger partial charge in [-0.25, -0.2) is 14.6 Å². The summed E-state index contributed by atoms with van der Waals surface area (Å²) in [5.41, 5.74) is 0.343. The third kappa shape index (κ3) is 5.09. The van der Waals surface area contributed by atoms with Crippen LogP contribution in [0, 0.1) is 23.7 Å². The average molecular weight is 733 g/mol. The van der Waals surface area contributed by atoms with Gasteiger partial charge in [0.1, 0.15) is 23.7 Å². The number of allylic oxidation sites excluding steroid dienone is 2. The molecule has 1 saturated carbocycles. The van der Waals surface area contributed by atoms with Gasteiger partial charge in [-0.15, -0.1) is 0 Å². The first-order chi connectivity index (χ1) is 25.6. The second-order valence-electron chi connectivity index (χ2n) is 13.7. The zero-order chi connectivity index (χ0) is 37.2. The SMILES string of the molecule is O=C(O)c1ccc(N2C(=O)C3CC=C4C(CC5C(=O)N(c6cccc(Cl)c6)C(=O)C5(c5ccccc5)C4c4ccccc4OCCO)C3C2=O)cc1O. The highest BCUT2D eigenvalue weighted by molar-refractivity contribution is 6.32. The second-order valence-corrected chi connectivity index (χ2v) is 14.2. The average Bonchev–Trinajstić information content (AvgIpc) is 3.55. The van der Waals surface area contributed by atoms with Crippen molar-refractivity contribution in [3.63, 3.8) is 0 Å². The molecule has 4 aromatic carbocycles. The Labute approximate surface area is 308 Å². The van der Waals surface area contributed by atoms with Crippen LogP contribution in [0.15, 0.2) is 109 Å². The monoisotopic (exact) mass is 732 g/mol. The summed E-state index contributed by atoms with van der Waals surface area (Å²) >= 11 is 6.39. The fourth-order valence-electron chi connectivity index (χ4n) is 9.19. The molecular weight excluding hydrogens is 700 g/mol. The third-order valence-corrected chi connectivity index (χ3v) is 11.5. The van der Waals surface area contributed by atoms with Crippen molar-refractivity contribution in [1.29, 1.82) is 0 Å². The highest BCUT2D eigenvalue weighted by Crippen LogP contribution is 2.65. The van der Waals surface area contributed by atoms with Gasteiger partial charge in [0.05, 0.1) is 41.2 Å². The quantitative estimate of drug-likeness (QED) is 0.157. The lowest BCUT2D eigenvalue weighted by Gasteiger charge is -2.51. The number of rotatable bonds is 8. The molecule has 6 atom stereocenters. The molecule has 3 fully saturated rings. The van der Waals surface area contributed by atoms with Crippen molar-refractivity contribution >= 4 is 52.6 Å². The Hall–Kier alpha value is -5.78. The molecule has 2 saturated heterocycles. The van der Waals surface area contributed by atoms with Gasteiger partial charge in [0.15, 0.2) is 0 Å². The second kappa shape index (κ2) is 13.0. The molecule has 2 aliphatic carbocycles. The molecule has 0 bridgehead atoms. The Morgan fingerprint density at radius 2 is 1.57 bits per heavy atom. The smallest absolute Gasteiger partial charge is 0.339 e. The van der Waals surface area contributed by atoms with E-state index in [1.807, 2.05) is 42.5 Å². The number of imide groups is 2. The van der Waals surface area contributed by atoms with Crippen molar-refractivity contribution in [3.8, 4) is 11.5 Å². The Morgan fingerprint density at radius 1 is 0.830 bits per heavy atom. The highest BCUT2D eigenvalue weighted by Gasteiger charge is 2.70. The number of amides is 4. The van der Waals surface area contributed by atoms with Crippen molar-refractivity contribution in [2.24, 2.45) is 23.7 Å². The van der Waals surface area contributed by atoms with E-state index in [1.54, 1.807) is 42.5 Å². The standard InChI is InChI=1S/C41H33ClN2O9/c42-23-9-6-10-24(19-23)44-37(48)31-21-30-26(15-16-29-34(30)38(49)43(36(29)47)25-13-14-27(39(50)51)32(46)20-25)35(28-11-4-5-12-33(28)53-18-17-45)41(31,40(44)52)22-7-2-1-3-8-22/h1-15,19-20,29-31,34-35,45-46H,16-18,21H2,(H,50,51). The van der Waals surface area contributed by atoms with E-state index in [2.05, 4.69) is 0 Å². The summed E-state index contributed by atoms with van der Waals surface area (Å²) in [5, 5.41) is 30.0. The van der Waals surface area contributed by atoms with E-state index in [-0.39, 0.29) is 37.3 Å². The van der Waals surface area contributed by atoms with Crippen molar-refractivity contribution in [1.82, 2.24) is 0 Å². The van der Waals surface area contributed by atoms with E-state index in [0.29, 0.717) is 33.2 Å². The lowest BCUT2D eigenvalue weighted by molar-refractivity contribution is -0.127. The van der Waals surface area contributed by atoms with Crippen molar-refractivity contribution in [3.05, 3.63) is 130 Å². The lowest BCUT2D eigenvalue weighted by atomic mass is 9.49. The van der Waals surface area contributed by atoms with E-state index in [4.69, 9.17) is 16.3 Å². The van der Waals surface area contributed by atoms with E-state index in [9.17, 15) is 34.5 Å². The van der Waals surface area contributed by atoms with Crippen LogP contribution in [0.4, 0.5) is 11.4 Å². The van der Waals surface area contributed by atoms with Gasteiger partial charge in [0.2, 0.25) is 23.6 Å². The number of aliphatic hydroxyl groups excluding tert-OH is 1. The van der Waals surface area contributed by atoms with Gasteiger partial charge in [-0.05, 0) is 60.7 Å². The number of carboxylic acids is 1. The first-order valence-corrected chi connectivity index (χ1v) is 17.6. The number of aromatic carboxylic acids is 1. The van der Waals surface area contributed by atoms with Crippen LogP contribution in [0.5, 0.6) is 11.5 Å². The Bertz CT molecular complexity index is 2240. The van der Waals surface area contributed by atoms with Crippen molar-refractivity contribution in [2.75, 3.05) is 23.0 Å². The molecule has 6 unspecified atom stereocenters. The van der Waals surface area contributed by atoms with Gasteiger partial charge in [0, 0.05) is 22.6 Å². The molecular formula is C41H33ClN2O9. The number of carbonyl (C=O) groups is 5. The van der Waals surface area contributed by atoms with E-state index >= 15 is 4.79 Å². The van der Waals surface area contributed by atoms with Gasteiger partial charge in [-0.1, -0.05) is 77.8 Å². The Balaban J connectivity index is 1.33. The van der Waals surface area contributed by atoms with Gasteiger partial charge in [-0.3, -0.25) is 19.2 Å². The molecule has 268 valence electrons. The summed E-state index contributed by atoms with van der Waals surface area (Å²) in [6.07, 6.45) is 2.14. The van der Waals surface area contributed by atoms with Crippen LogP contribution in [0.25, 0.3) is 0 Å². The molecule has 3 N–H and O–H groups in total. The Kier molecular flexibility index (Phi) is 8.43. The number of halogens is 1. The molecule has 0 aromatic heterocycles. The molecule has 4 aliphatic rings. The number of para-hydroxylation sites is 1. The summed E-state index contributed by atoms with van der Waals surface area (Å²) in [5.74, 6) is -7.78. The first-order valence-electron chi connectivity index (χ1n) is 17.3. The van der Waals surface area contributed by atoms with Crippen LogP contribution in [0.2, 0.25) is 5.02 Å². The van der Waals surface area contributed by atoms with E-state index in [0.717, 1.165) is 17.0 Å². The first kappa shape index (κ1) is 34.3. The van der Waals surface area contributed by atoms with Gasteiger partial charge in [0.25, 0.3) is 0 Å².